The third kappa shape index (κ3) is 3.92. The predicted molar refractivity (Wildman–Crippen MR) is 107 cm³/mol. The molecule has 0 radical (unpaired) electrons. The van der Waals surface area contributed by atoms with Crippen molar-refractivity contribution in [1.82, 2.24) is 4.90 Å². The number of carbonyl (C=O) groups is 2. The molecule has 1 atom stereocenters. The van der Waals surface area contributed by atoms with E-state index in [0.29, 0.717) is 16.6 Å². The molecular formula is C22H23ClN2O2. The molecule has 0 saturated carbocycles. The van der Waals surface area contributed by atoms with Crippen LogP contribution in [-0.4, -0.2) is 35.8 Å². The Balaban J connectivity index is 1.38. The molecule has 0 spiro atoms. The number of rotatable bonds is 4. The second-order valence-electron chi connectivity index (χ2n) is 7.43. The fraction of sp³-hybridized carbons (Fsp3) is 0.364. The van der Waals surface area contributed by atoms with Crippen LogP contribution in [-0.2, 0) is 16.0 Å². The Morgan fingerprint density at radius 3 is 2.26 bits per heavy atom. The normalized spacial score (nSPS) is 21.8. The third-order valence-electron chi connectivity index (χ3n) is 5.66. The number of imide groups is 1. The highest BCUT2D eigenvalue weighted by molar-refractivity contribution is 6.30. The van der Waals surface area contributed by atoms with E-state index in [0.717, 1.165) is 32.4 Å². The second-order valence-corrected chi connectivity index (χ2v) is 7.87. The molecule has 4 nitrogen and oxygen atoms in total. The Morgan fingerprint density at radius 1 is 0.926 bits per heavy atom. The second kappa shape index (κ2) is 7.83. The molecule has 5 heteroatoms. The van der Waals surface area contributed by atoms with E-state index in [2.05, 4.69) is 29.2 Å². The van der Waals surface area contributed by atoms with E-state index in [4.69, 9.17) is 11.6 Å². The maximum atomic E-state index is 12.9. The Bertz CT molecular complexity index is 814. The van der Waals surface area contributed by atoms with Gasteiger partial charge in [-0.1, -0.05) is 41.9 Å². The van der Waals surface area contributed by atoms with Crippen LogP contribution in [0.4, 0.5) is 5.69 Å². The average molecular weight is 383 g/mol. The van der Waals surface area contributed by atoms with E-state index in [1.54, 1.807) is 24.3 Å². The van der Waals surface area contributed by atoms with Crippen molar-refractivity contribution in [3.63, 3.8) is 0 Å². The van der Waals surface area contributed by atoms with Crippen molar-refractivity contribution in [2.24, 2.45) is 5.92 Å². The maximum absolute atomic E-state index is 12.9. The van der Waals surface area contributed by atoms with Crippen molar-refractivity contribution in [2.45, 2.75) is 31.7 Å². The lowest BCUT2D eigenvalue weighted by Gasteiger charge is -2.34. The molecular weight excluding hydrogens is 360 g/mol. The molecule has 2 aromatic rings. The first-order valence-electron chi connectivity index (χ1n) is 9.52. The molecule has 2 fully saturated rings. The number of carbonyl (C=O) groups excluding carboxylic acids is 2. The number of nitrogens with zero attached hydrogens (tertiary/aromatic N) is 2. The zero-order valence-corrected chi connectivity index (χ0v) is 15.9. The van der Waals surface area contributed by atoms with E-state index in [-0.39, 0.29) is 24.3 Å². The van der Waals surface area contributed by atoms with Gasteiger partial charge in [0.15, 0.2) is 0 Å². The smallest absolute Gasteiger partial charge is 0.251 e. The number of amides is 2. The fourth-order valence-electron chi connectivity index (χ4n) is 4.18. The highest BCUT2D eigenvalue weighted by Crippen LogP contribution is 2.30. The number of hydrogen-bond acceptors (Lipinski definition) is 3. The van der Waals surface area contributed by atoms with Gasteiger partial charge in [0.2, 0.25) is 5.91 Å². The summed E-state index contributed by atoms with van der Waals surface area (Å²) in [6.45, 7) is 1.74. The number of anilines is 1. The van der Waals surface area contributed by atoms with E-state index < -0.39 is 0 Å². The van der Waals surface area contributed by atoms with Gasteiger partial charge in [0.05, 0.1) is 18.2 Å². The topological polar surface area (TPSA) is 40.6 Å². The van der Waals surface area contributed by atoms with Crippen LogP contribution in [0.5, 0.6) is 0 Å². The van der Waals surface area contributed by atoms with Gasteiger partial charge in [-0.3, -0.25) is 14.5 Å². The molecule has 2 saturated heterocycles. The summed E-state index contributed by atoms with van der Waals surface area (Å²) < 4.78 is 0. The Morgan fingerprint density at radius 2 is 1.59 bits per heavy atom. The molecule has 4 rings (SSSR count). The van der Waals surface area contributed by atoms with Crippen molar-refractivity contribution in [2.75, 3.05) is 18.0 Å². The molecule has 0 bridgehead atoms. The van der Waals surface area contributed by atoms with Crippen molar-refractivity contribution in [1.29, 1.82) is 0 Å². The molecule has 2 aliphatic heterocycles. The van der Waals surface area contributed by atoms with Gasteiger partial charge in [-0.15, -0.1) is 0 Å². The summed E-state index contributed by atoms with van der Waals surface area (Å²) in [5, 5.41) is 0.592. The number of hydrogen-bond donors (Lipinski definition) is 0. The standard InChI is InChI=1S/C22H23ClN2O2/c23-18-6-8-19(9-7-18)25-21(26)15-20(22(25)27)24-12-10-17(11-13-24)14-16-4-2-1-3-5-16/h1-9,17,20H,10-15H2. The van der Waals surface area contributed by atoms with E-state index >= 15 is 0 Å². The highest BCUT2D eigenvalue weighted by Gasteiger charge is 2.43. The fourth-order valence-corrected chi connectivity index (χ4v) is 4.30. The minimum Gasteiger partial charge on any atom is -0.292 e. The Kier molecular flexibility index (Phi) is 5.28. The summed E-state index contributed by atoms with van der Waals surface area (Å²) >= 11 is 5.92. The molecule has 27 heavy (non-hydrogen) atoms. The zero-order chi connectivity index (χ0) is 18.8. The Labute approximate surface area is 164 Å². The van der Waals surface area contributed by atoms with Crippen LogP contribution < -0.4 is 4.90 Å². The monoisotopic (exact) mass is 382 g/mol. The van der Waals surface area contributed by atoms with Gasteiger partial charge in [0.25, 0.3) is 5.91 Å². The molecule has 0 N–H and O–H groups in total. The SMILES string of the molecule is O=C1CC(N2CCC(Cc3ccccc3)CC2)C(=O)N1c1ccc(Cl)cc1. The van der Waals surface area contributed by atoms with Crippen LogP contribution in [0.2, 0.25) is 5.02 Å². The third-order valence-corrected chi connectivity index (χ3v) is 5.92. The average Bonchev–Trinajstić information content (AvgIpc) is 2.98. The van der Waals surface area contributed by atoms with Gasteiger partial charge >= 0.3 is 0 Å². The highest BCUT2D eigenvalue weighted by atomic mass is 35.5. The zero-order valence-electron chi connectivity index (χ0n) is 15.2. The quantitative estimate of drug-likeness (QED) is 0.752. The van der Waals surface area contributed by atoms with Crippen LogP contribution >= 0.6 is 11.6 Å². The van der Waals surface area contributed by atoms with Gasteiger partial charge < -0.3 is 0 Å². The summed E-state index contributed by atoms with van der Waals surface area (Å²) in [5.41, 5.74) is 1.98. The first-order chi connectivity index (χ1) is 13.1. The Hall–Kier alpha value is -2.17. The van der Waals surface area contributed by atoms with Crippen molar-refractivity contribution < 1.29 is 9.59 Å². The number of benzene rings is 2. The number of halogens is 1. The summed E-state index contributed by atoms with van der Waals surface area (Å²) in [7, 11) is 0. The lowest BCUT2D eigenvalue weighted by atomic mass is 9.89. The van der Waals surface area contributed by atoms with E-state index in [9.17, 15) is 9.59 Å². The lowest BCUT2D eigenvalue weighted by molar-refractivity contribution is -0.123. The predicted octanol–water partition coefficient (Wildman–Crippen LogP) is 3.93. The first-order valence-corrected chi connectivity index (χ1v) is 9.90. The minimum atomic E-state index is -0.328. The van der Waals surface area contributed by atoms with Gasteiger partial charge in [0.1, 0.15) is 0 Å². The molecule has 140 valence electrons. The van der Waals surface area contributed by atoms with Gasteiger partial charge in [-0.25, -0.2) is 4.90 Å². The van der Waals surface area contributed by atoms with Crippen LogP contribution in [0.15, 0.2) is 54.6 Å². The number of piperidine rings is 1. The molecule has 2 amide bonds. The molecule has 0 aliphatic carbocycles. The largest absolute Gasteiger partial charge is 0.292 e. The maximum Gasteiger partial charge on any atom is 0.251 e. The van der Waals surface area contributed by atoms with Gasteiger partial charge in [0, 0.05) is 5.02 Å². The van der Waals surface area contributed by atoms with Gasteiger partial charge in [-0.05, 0) is 68.1 Å². The van der Waals surface area contributed by atoms with Crippen molar-refractivity contribution in [3.05, 3.63) is 65.2 Å². The lowest BCUT2D eigenvalue weighted by Crippen LogP contribution is -2.46. The van der Waals surface area contributed by atoms with Crippen LogP contribution in [0.3, 0.4) is 0 Å². The van der Waals surface area contributed by atoms with Crippen LogP contribution in [0, 0.1) is 5.92 Å². The summed E-state index contributed by atoms with van der Waals surface area (Å²) in [6, 6.07) is 17.1. The summed E-state index contributed by atoms with van der Waals surface area (Å²) in [6.07, 6.45) is 3.48. The van der Waals surface area contributed by atoms with Crippen LogP contribution in [0.1, 0.15) is 24.8 Å². The van der Waals surface area contributed by atoms with Crippen molar-refractivity contribution >= 4 is 29.1 Å². The van der Waals surface area contributed by atoms with Crippen molar-refractivity contribution in [3.8, 4) is 0 Å². The summed E-state index contributed by atoms with van der Waals surface area (Å²) in [4.78, 5) is 28.9. The molecule has 2 aliphatic rings. The minimum absolute atomic E-state index is 0.108. The van der Waals surface area contributed by atoms with Gasteiger partial charge in [-0.2, -0.15) is 0 Å². The molecule has 2 aromatic carbocycles. The first kappa shape index (κ1) is 18.2. The van der Waals surface area contributed by atoms with E-state index in [1.165, 1.54) is 10.5 Å². The molecule has 0 aromatic heterocycles. The summed E-state index contributed by atoms with van der Waals surface area (Å²) in [5.74, 6) is 0.408. The molecule has 1 unspecified atom stereocenters. The molecule has 2 heterocycles. The van der Waals surface area contributed by atoms with E-state index in [1.807, 2.05) is 6.07 Å². The number of likely N-dealkylation sites (tertiary alicyclic amines) is 1. The van der Waals surface area contributed by atoms with Crippen LogP contribution in [0.25, 0.3) is 0 Å².